The molecule has 0 aliphatic rings. The third kappa shape index (κ3) is 4.07. The van der Waals surface area contributed by atoms with Gasteiger partial charge in [-0.1, -0.05) is 25.2 Å². The average Bonchev–Trinajstić information content (AvgIpc) is 1.88. The normalized spacial score (nSPS) is 12.5. The molecule has 0 aromatic rings. The van der Waals surface area contributed by atoms with Gasteiger partial charge in [0.2, 0.25) is 0 Å². The first-order chi connectivity index (χ1) is 4.70. The highest BCUT2D eigenvalue weighted by molar-refractivity contribution is 5.25. The van der Waals surface area contributed by atoms with Crippen molar-refractivity contribution in [3.63, 3.8) is 0 Å². The zero-order valence-electron chi connectivity index (χ0n) is 6.52. The molecule has 0 heterocycles. The summed E-state index contributed by atoms with van der Waals surface area (Å²) in [4.78, 5) is 0. The summed E-state index contributed by atoms with van der Waals surface area (Å²) in [5.41, 5.74) is 1.92. The fourth-order valence-electron chi connectivity index (χ4n) is 0.572. The molecule has 0 N–H and O–H groups in total. The molecule has 0 aliphatic carbocycles. The van der Waals surface area contributed by atoms with E-state index in [1.807, 2.05) is 19.9 Å². The molecule has 0 spiro atoms. The first kappa shape index (κ1) is 9.15. The highest BCUT2D eigenvalue weighted by Gasteiger charge is 1.84. The van der Waals surface area contributed by atoms with Gasteiger partial charge in [0.1, 0.15) is 0 Å². The van der Waals surface area contributed by atoms with Gasteiger partial charge in [0.05, 0.1) is 6.33 Å². The molecule has 0 nitrogen and oxygen atoms in total. The maximum absolute atomic E-state index is 11.5. The Hall–Kier alpha value is -0.850. The number of rotatable bonds is 3. The smallest absolute Gasteiger partial charge is 0.0869 e. The van der Waals surface area contributed by atoms with E-state index in [4.69, 9.17) is 0 Å². The van der Waals surface area contributed by atoms with E-state index in [9.17, 15) is 4.39 Å². The molecule has 0 saturated heterocycles. The van der Waals surface area contributed by atoms with Gasteiger partial charge in [0, 0.05) is 0 Å². The molecule has 0 aromatic heterocycles. The predicted octanol–water partition coefficient (Wildman–Crippen LogP) is 3.38. The van der Waals surface area contributed by atoms with Crippen molar-refractivity contribution in [3.05, 3.63) is 36.2 Å². The SMILES string of the molecule is C=C(/C=C(C)\C=C\F)CC. The molecule has 0 aliphatic heterocycles. The number of halogens is 1. The first-order valence-electron chi connectivity index (χ1n) is 3.33. The van der Waals surface area contributed by atoms with Crippen molar-refractivity contribution in [3.8, 4) is 0 Å². The number of allylic oxidation sites excluding steroid dienone is 4. The van der Waals surface area contributed by atoms with Gasteiger partial charge in [-0.2, -0.15) is 0 Å². The topological polar surface area (TPSA) is 0 Å². The van der Waals surface area contributed by atoms with Gasteiger partial charge in [0.15, 0.2) is 0 Å². The lowest BCUT2D eigenvalue weighted by atomic mass is 10.1. The second-order valence-electron chi connectivity index (χ2n) is 2.19. The molecule has 0 rings (SSSR count). The second kappa shape index (κ2) is 4.98. The fraction of sp³-hybridized carbons (Fsp3) is 0.333. The molecule has 0 unspecified atom stereocenters. The predicted molar refractivity (Wildman–Crippen MR) is 43.4 cm³/mol. The van der Waals surface area contributed by atoms with Crippen LogP contribution in [-0.2, 0) is 0 Å². The van der Waals surface area contributed by atoms with Crippen molar-refractivity contribution in [2.75, 3.05) is 0 Å². The summed E-state index contributed by atoms with van der Waals surface area (Å²) in [5, 5.41) is 0. The van der Waals surface area contributed by atoms with Crippen LogP contribution in [0.2, 0.25) is 0 Å². The molecular formula is C9H13F. The molecule has 10 heavy (non-hydrogen) atoms. The number of hydrogen-bond donors (Lipinski definition) is 0. The van der Waals surface area contributed by atoms with Crippen molar-refractivity contribution in [2.45, 2.75) is 20.3 Å². The van der Waals surface area contributed by atoms with Gasteiger partial charge in [0.25, 0.3) is 0 Å². The van der Waals surface area contributed by atoms with E-state index in [2.05, 4.69) is 6.58 Å². The molecule has 0 atom stereocenters. The summed E-state index contributed by atoms with van der Waals surface area (Å²) in [5.74, 6) is 0. The Morgan fingerprint density at radius 3 is 2.60 bits per heavy atom. The van der Waals surface area contributed by atoms with Crippen molar-refractivity contribution in [1.29, 1.82) is 0 Å². The van der Waals surface area contributed by atoms with Gasteiger partial charge in [-0.05, 0) is 25.0 Å². The van der Waals surface area contributed by atoms with E-state index in [1.165, 1.54) is 6.08 Å². The molecule has 0 aromatic carbocycles. The summed E-state index contributed by atoms with van der Waals surface area (Å²) < 4.78 is 11.5. The zero-order valence-corrected chi connectivity index (χ0v) is 6.52. The van der Waals surface area contributed by atoms with Crippen LogP contribution in [0.1, 0.15) is 20.3 Å². The van der Waals surface area contributed by atoms with Crippen LogP contribution in [0.4, 0.5) is 4.39 Å². The third-order valence-corrected chi connectivity index (χ3v) is 1.21. The van der Waals surface area contributed by atoms with Crippen LogP contribution >= 0.6 is 0 Å². The fourth-order valence-corrected chi connectivity index (χ4v) is 0.572. The monoisotopic (exact) mass is 140 g/mol. The van der Waals surface area contributed by atoms with E-state index in [-0.39, 0.29) is 0 Å². The summed E-state index contributed by atoms with van der Waals surface area (Å²) in [7, 11) is 0. The van der Waals surface area contributed by atoms with E-state index < -0.39 is 0 Å². The highest BCUT2D eigenvalue weighted by Crippen LogP contribution is 2.04. The molecule has 0 amide bonds. The maximum Gasteiger partial charge on any atom is 0.0869 e. The Bertz CT molecular complexity index is 164. The molecule has 0 fully saturated rings. The van der Waals surface area contributed by atoms with Gasteiger partial charge < -0.3 is 0 Å². The van der Waals surface area contributed by atoms with Gasteiger partial charge in [-0.15, -0.1) is 0 Å². The van der Waals surface area contributed by atoms with Crippen LogP contribution in [0.15, 0.2) is 36.2 Å². The quantitative estimate of drug-likeness (QED) is 0.527. The summed E-state index contributed by atoms with van der Waals surface area (Å²) in [6, 6.07) is 0. The average molecular weight is 140 g/mol. The maximum atomic E-state index is 11.5. The number of hydrogen-bond acceptors (Lipinski definition) is 0. The van der Waals surface area contributed by atoms with Crippen molar-refractivity contribution < 1.29 is 4.39 Å². The van der Waals surface area contributed by atoms with E-state index in [0.29, 0.717) is 6.33 Å². The van der Waals surface area contributed by atoms with Gasteiger partial charge >= 0.3 is 0 Å². The van der Waals surface area contributed by atoms with Gasteiger partial charge in [-0.3, -0.25) is 0 Å². The Balaban J connectivity index is 4.02. The Morgan fingerprint density at radius 1 is 1.60 bits per heavy atom. The van der Waals surface area contributed by atoms with Gasteiger partial charge in [-0.25, -0.2) is 4.39 Å². The van der Waals surface area contributed by atoms with E-state index in [0.717, 1.165) is 17.6 Å². The zero-order chi connectivity index (χ0) is 7.98. The van der Waals surface area contributed by atoms with Crippen LogP contribution in [0.25, 0.3) is 0 Å². The first-order valence-corrected chi connectivity index (χ1v) is 3.33. The van der Waals surface area contributed by atoms with Crippen LogP contribution < -0.4 is 0 Å². The Morgan fingerprint density at radius 2 is 2.20 bits per heavy atom. The van der Waals surface area contributed by atoms with Crippen molar-refractivity contribution in [2.24, 2.45) is 0 Å². The van der Waals surface area contributed by atoms with Crippen LogP contribution in [-0.4, -0.2) is 0 Å². The van der Waals surface area contributed by atoms with Crippen LogP contribution in [0.3, 0.4) is 0 Å². The molecule has 0 bridgehead atoms. The lowest BCUT2D eigenvalue weighted by Gasteiger charge is -1.93. The molecule has 1 heteroatoms. The molecular weight excluding hydrogens is 127 g/mol. The summed E-state index contributed by atoms with van der Waals surface area (Å²) in [6.45, 7) is 7.63. The Labute approximate surface area is 61.8 Å². The standard InChI is InChI=1S/C9H13F/c1-4-8(2)7-9(3)5-6-10/h5-7H,2,4H2,1,3H3/b6-5+,9-7-. The minimum Gasteiger partial charge on any atom is -0.216 e. The molecule has 56 valence electrons. The summed E-state index contributed by atoms with van der Waals surface area (Å²) in [6.07, 6.45) is 4.74. The second-order valence-corrected chi connectivity index (χ2v) is 2.19. The van der Waals surface area contributed by atoms with Crippen molar-refractivity contribution >= 4 is 0 Å². The third-order valence-electron chi connectivity index (χ3n) is 1.21. The summed E-state index contributed by atoms with van der Waals surface area (Å²) >= 11 is 0. The minimum atomic E-state index is 0.536. The lowest BCUT2D eigenvalue weighted by molar-refractivity contribution is 0.720. The highest BCUT2D eigenvalue weighted by atomic mass is 19.1. The van der Waals surface area contributed by atoms with Crippen molar-refractivity contribution in [1.82, 2.24) is 0 Å². The van der Waals surface area contributed by atoms with Crippen LogP contribution in [0, 0.1) is 0 Å². The molecule has 0 radical (unpaired) electrons. The Kier molecular flexibility index (Phi) is 4.55. The van der Waals surface area contributed by atoms with E-state index >= 15 is 0 Å². The molecule has 0 saturated carbocycles. The largest absolute Gasteiger partial charge is 0.216 e. The van der Waals surface area contributed by atoms with E-state index in [1.54, 1.807) is 0 Å². The lowest BCUT2D eigenvalue weighted by Crippen LogP contribution is -1.72. The minimum absolute atomic E-state index is 0.536. The van der Waals surface area contributed by atoms with Crippen LogP contribution in [0.5, 0.6) is 0 Å².